The normalized spacial score (nSPS) is 19.7. The molecule has 1 atom stereocenters. The van der Waals surface area contributed by atoms with E-state index in [1.54, 1.807) is 0 Å². The Morgan fingerprint density at radius 1 is 1.35 bits per heavy atom. The lowest BCUT2D eigenvalue weighted by Crippen LogP contribution is -2.53. The van der Waals surface area contributed by atoms with E-state index in [1.165, 1.54) is 0 Å². The van der Waals surface area contributed by atoms with Crippen LogP contribution in [-0.2, 0) is 11.0 Å². The lowest BCUT2D eigenvalue weighted by molar-refractivity contribution is -0.137. The number of rotatable bonds is 2. The number of carbonyl (C=O) groups is 1. The minimum Gasteiger partial charge on any atom is -0.424 e. The molecule has 2 N–H and O–H groups in total. The summed E-state index contributed by atoms with van der Waals surface area (Å²) in [4.78, 5) is 11.8. The van der Waals surface area contributed by atoms with E-state index < -0.39 is 23.8 Å². The molecule has 4 nitrogen and oxygen atoms in total. The van der Waals surface area contributed by atoms with Crippen molar-refractivity contribution in [2.45, 2.75) is 12.2 Å². The number of ether oxygens (including phenoxy) is 1. The molecule has 8 heteroatoms. The van der Waals surface area contributed by atoms with Crippen LogP contribution in [0.3, 0.4) is 0 Å². The Morgan fingerprint density at radius 2 is 2.10 bits per heavy atom. The van der Waals surface area contributed by atoms with Crippen molar-refractivity contribution in [1.82, 2.24) is 10.6 Å². The van der Waals surface area contributed by atoms with Gasteiger partial charge in [0.05, 0.1) is 10.6 Å². The molecular weight excluding hydrogens is 297 g/mol. The molecule has 0 radical (unpaired) electrons. The summed E-state index contributed by atoms with van der Waals surface area (Å²) < 4.78 is 42.4. The molecule has 0 bridgehead atoms. The van der Waals surface area contributed by atoms with Crippen LogP contribution in [0.25, 0.3) is 0 Å². The maximum absolute atomic E-state index is 12.5. The molecule has 1 heterocycles. The zero-order valence-corrected chi connectivity index (χ0v) is 11.0. The van der Waals surface area contributed by atoms with Gasteiger partial charge in [-0.25, -0.2) is 4.79 Å². The third-order valence-corrected chi connectivity index (χ3v) is 3.09. The van der Waals surface area contributed by atoms with Crippen LogP contribution in [0.2, 0.25) is 5.02 Å². The van der Waals surface area contributed by atoms with Crippen molar-refractivity contribution >= 4 is 17.6 Å². The van der Waals surface area contributed by atoms with Gasteiger partial charge in [-0.3, -0.25) is 0 Å². The van der Waals surface area contributed by atoms with Crippen LogP contribution in [-0.4, -0.2) is 31.6 Å². The largest absolute Gasteiger partial charge is 0.424 e. The van der Waals surface area contributed by atoms with Gasteiger partial charge in [0.2, 0.25) is 0 Å². The van der Waals surface area contributed by atoms with Crippen molar-refractivity contribution in [3.05, 3.63) is 28.8 Å². The van der Waals surface area contributed by atoms with E-state index in [2.05, 4.69) is 10.6 Å². The minimum absolute atomic E-state index is 0.0861. The average molecular weight is 309 g/mol. The fourth-order valence-corrected chi connectivity index (χ4v) is 1.98. The van der Waals surface area contributed by atoms with Crippen LogP contribution in [0.15, 0.2) is 18.2 Å². The van der Waals surface area contributed by atoms with Crippen LogP contribution in [0.5, 0.6) is 5.75 Å². The van der Waals surface area contributed by atoms with Gasteiger partial charge in [0, 0.05) is 19.6 Å². The first-order valence-electron chi connectivity index (χ1n) is 5.90. The molecule has 2 rings (SSSR count). The summed E-state index contributed by atoms with van der Waals surface area (Å²) in [6, 6.07) is 2.05. The van der Waals surface area contributed by atoms with Crippen molar-refractivity contribution < 1.29 is 22.7 Å². The molecule has 1 aliphatic rings. The molecule has 1 aliphatic heterocycles. The fourth-order valence-electron chi connectivity index (χ4n) is 1.76. The Bertz CT molecular complexity index is 502. The number of esters is 1. The molecule has 0 aliphatic carbocycles. The predicted molar refractivity (Wildman–Crippen MR) is 66.7 cm³/mol. The Hall–Kier alpha value is -1.31. The Labute approximate surface area is 118 Å². The summed E-state index contributed by atoms with van der Waals surface area (Å²) in [5, 5.41) is 5.68. The number of carbonyl (C=O) groups excluding carboxylic acids is 1. The van der Waals surface area contributed by atoms with E-state index in [-0.39, 0.29) is 10.8 Å². The van der Waals surface area contributed by atoms with Crippen molar-refractivity contribution in [3.8, 4) is 5.75 Å². The highest BCUT2D eigenvalue weighted by atomic mass is 35.5. The van der Waals surface area contributed by atoms with Gasteiger partial charge in [-0.1, -0.05) is 11.6 Å². The van der Waals surface area contributed by atoms with Gasteiger partial charge in [-0.15, -0.1) is 0 Å². The fraction of sp³-hybridized carbons (Fsp3) is 0.417. The van der Waals surface area contributed by atoms with E-state index in [1.807, 2.05) is 0 Å². The highest BCUT2D eigenvalue weighted by Gasteiger charge is 2.31. The smallest absolute Gasteiger partial charge is 0.416 e. The van der Waals surface area contributed by atoms with Gasteiger partial charge in [-0.2, -0.15) is 13.2 Å². The molecule has 0 spiro atoms. The lowest BCUT2D eigenvalue weighted by Gasteiger charge is -2.22. The number of hydrogen-bond donors (Lipinski definition) is 2. The SMILES string of the molecule is O=C(Oc1ccc(C(F)(F)F)cc1Cl)C1CNCCN1. The Balaban J connectivity index is 2.08. The Kier molecular flexibility index (Phi) is 4.52. The van der Waals surface area contributed by atoms with E-state index in [0.29, 0.717) is 13.1 Å². The summed E-state index contributed by atoms with van der Waals surface area (Å²) in [5.74, 6) is -0.670. The average Bonchev–Trinajstić information content (AvgIpc) is 2.41. The first kappa shape index (κ1) is 15.1. The van der Waals surface area contributed by atoms with Crippen LogP contribution < -0.4 is 15.4 Å². The van der Waals surface area contributed by atoms with Crippen molar-refractivity contribution in [3.63, 3.8) is 0 Å². The Morgan fingerprint density at radius 3 is 2.65 bits per heavy atom. The third-order valence-electron chi connectivity index (χ3n) is 2.80. The van der Waals surface area contributed by atoms with E-state index in [4.69, 9.17) is 16.3 Å². The lowest BCUT2D eigenvalue weighted by atomic mass is 10.2. The summed E-state index contributed by atoms with van der Waals surface area (Å²) in [6.07, 6.45) is -4.49. The summed E-state index contributed by atoms with van der Waals surface area (Å²) in [6.45, 7) is 1.75. The second-order valence-electron chi connectivity index (χ2n) is 4.27. The molecular formula is C12H12ClF3N2O2. The van der Waals surface area contributed by atoms with Crippen LogP contribution in [0.4, 0.5) is 13.2 Å². The summed E-state index contributed by atoms with van der Waals surface area (Å²) >= 11 is 5.71. The van der Waals surface area contributed by atoms with Gasteiger partial charge >= 0.3 is 12.1 Å². The number of nitrogens with one attached hydrogen (secondary N) is 2. The highest BCUT2D eigenvalue weighted by Crippen LogP contribution is 2.34. The van der Waals surface area contributed by atoms with Crippen molar-refractivity contribution in [2.24, 2.45) is 0 Å². The van der Waals surface area contributed by atoms with Crippen LogP contribution in [0.1, 0.15) is 5.56 Å². The summed E-state index contributed by atoms with van der Waals surface area (Å²) in [5.41, 5.74) is -0.889. The van der Waals surface area contributed by atoms with E-state index in [0.717, 1.165) is 24.7 Å². The van der Waals surface area contributed by atoms with Gasteiger partial charge < -0.3 is 15.4 Å². The van der Waals surface area contributed by atoms with Crippen LogP contribution in [0, 0.1) is 0 Å². The molecule has 1 fully saturated rings. The number of hydrogen-bond acceptors (Lipinski definition) is 4. The number of alkyl halides is 3. The van der Waals surface area contributed by atoms with E-state index >= 15 is 0 Å². The highest BCUT2D eigenvalue weighted by molar-refractivity contribution is 6.32. The molecule has 1 aromatic rings. The zero-order chi connectivity index (χ0) is 14.8. The molecule has 1 unspecified atom stereocenters. The van der Waals surface area contributed by atoms with Crippen molar-refractivity contribution in [2.75, 3.05) is 19.6 Å². The van der Waals surface area contributed by atoms with Crippen LogP contribution >= 0.6 is 11.6 Å². The molecule has 0 amide bonds. The van der Waals surface area contributed by atoms with Gasteiger partial charge in [0.15, 0.2) is 0 Å². The molecule has 20 heavy (non-hydrogen) atoms. The molecule has 1 aromatic carbocycles. The maximum atomic E-state index is 12.5. The predicted octanol–water partition coefficient (Wildman–Crippen LogP) is 1.83. The van der Waals surface area contributed by atoms with Gasteiger partial charge in [-0.05, 0) is 18.2 Å². The molecule has 110 valence electrons. The minimum atomic E-state index is -4.49. The van der Waals surface area contributed by atoms with Crippen molar-refractivity contribution in [1.29, 1.82) is 0 Å². The third kappa shape index (κ3) is 3.62. The second-order valence-corrected chi connectivity index (χ2v) is 4.68. The molecule has 1 saturated heterocycles. The topological polar surface area (TPSA) is 50.4 Å². The quantitative estimate of drug-likeness (QED) is 0.646. The van der Waals surface area contributed by atoms with Gasteiger partial charge in [0.1, 0.15) is 11.8 Å². The standard InChI is InChI=1S/C12H12ClF3N2O2/c13-8-5-7(12(14,15)16)1-2-10(8)20-11(19)9-6-17-3-4-18-9/h1-2,5,9,17-18H,3-4,6H2. The first-order valence-corrected chi connectivity index (χ1v) is 6.28. The van der Waals surface area contributed by atoms with Gasteiger partial charge in [0.25, 0.3) is 0 Å². The molecule has 0 saturated carbocycles. The zero-order valence-electron chi connectivity index (χ0n) is 10.3. The maximum Gasteiger partial charge on any atom is 0.416 e. The number of halogens is 4. The van der Waals surface area contributed by atoms with E-state index in [9.17, 15) is 18.0 Å². The number of piperazine rings is 1. The second kappa shape index (κ2) is 5.99. The number of benzene rings is 1. The monoisotopic (exact) mass is 308 g/mol. The molecule has 0 aromatic heterocycles. The summed E-state index contributed by atoms with van der Waals surface area (Å²) in [7, 11) is 0. The first-order chi connectivity index (χ1) is 9.38.